The third-order valence-corrected chi connectivity index (χ3v) is 3.50. The molecule has 0 aliphatic rings. The van der Waals surface area contributed by atoms with Gasteiger partial charge in [-0.3, -0.25) is 0 Å². The molecular weight excluding hydrogens is 296 g/mol. The zero-order valence-electron chi connectivity index (χ0n) is 11.8. The predicted octanol–water partition coefficient (Wildman–Crippen LogP) is 4.33. The van der Waals surface area contributed by atoms with Crippen LogP contribution in [0.4, 0.5) is 8.78 Å². The number of ether oxygens (including phenoxy) is 1. The van der Waals surface area contributed by atoms with Crippen molar-refractivity contribution in [2.45, 2.75) is 13.0 Å². The van der Waals surface area contributed by atoms with Crippen LogP contribution in [0.15, 0.2) is 36.4 Å². The topological polar surface area (TPSA) is 21.3 Å². The van der Waals surface area contributed by atoms with E-state index in [1.165, 1.54) is 19.2 Å². The van der Waals surface area contributed by atoms with Gasteiger partial charge in [0, 0.05) is 5.56 Å². The highest BCUT2D eigenvalue weighted by atomic mass is 35.5. The van der Waals surface area contributed by atoms with Gasteiger partial charge in [0.25, 0.3) is 0 Å². The summed E-state index contributed by atoms with van der Waals surface area (Å²) in [5, 5.41) is 3.19. The Bertz CT molecular complexity index is 634. The normalized spacial score (nSPS) is 12.2. The second kappa shape index (κ2) is 6.87. The maximum atomic E-state index is 14.4. The monoisotopic (exact) mass is 311 g/mol. The van der Waals surface area contributed by atoms with E-state index in [1.807, 2.05) is 6.92 Å². The van der Waals surface area contributed by atoms with Crippen molar-refractivity contribution >= 4 is 11.6 Å². The Morgan fingerprint density at radius 1 is 1.24 bits per heavy atom. The van der Waals surface area contributed by atoms with Crippen LogP contribution in [0, 0.1) is 11.6 Å². The van der Waals surface area contributed by atoms with Crippen molar-refractivity contribution < 1.29 is 13.5 Å². The van der Waals surface area contributed by atoms with Crippen LogP contribution in [-0.2, 0) is 0 Å². The van der Waals surface area contributed by atoms with Crippen molar-refractivity contribution in [1.29, 1.82) is 0 Å². The molecule has 0 radical (unpaired) electrons. The van der Waals surface area contributed by atoms with Crippen LogP contribution in [0.1, 0.15) is 24.1 Å². The molecule has 0 fully saturated rings. The molecule has 1 unspecified atom stereocenters. The quantitative estimate of drug-likeness (QED) is 0.887. The van der Waals surface area contributed by atoms with Crippen LogP contribution in [0.25, 0.3) is 0 Å². The number of hydrogen-bond acceptors (Lipinski definition) is 2. The van der Waals surface area contributed by atoms with Gasteiger partial charge in [0.1, 0.15) is 5.82 Å². The third kappa shape index (κ3) is 3.34. The lowest BCUT2D eigenvalue weighted by Crippen LogP contribution is -2.23. The van der Waals surface area contributed by atoms with E-state index < -0.39 is 17.7 Å². The SMILES string of the molecule is CCNC(c1ccc(F)c(Cl)c1)c1cccc(OC)c1F. The second-order valence-electron chi connectivity index (χ2n) is 4.53. The van der Waals surface area contributed by atoms with Gasteiger partial charge in [-0.25, -0.2) is 8.78 Å². The number of halogens is 3. The highest BCUT2D eigenvalue weighted by molar-refractivity contribution is 6.30. The Labute approximate surface area is 127 Å². The first kappa shape index (κ1) is 15.7. The molecule has 2 rings (SSSR count). The van der Waals surface area contributed by atoms with E-state index in [0.29, 0.717) is 17.7 Å². The highest BCUT2D eigenvalue weighted by Crippen LogP contribution is 2.31. The molecule has 0 saturated heterocycles. The highest BCUT2D eigenvalue weighted by Gasteiger charge is 2.20. The fourth-order valence-electron chi connectivity index (χ4n) is 2.21. The van der Waals surface area contributed by atoms with E-state index >= 15 is 0 Å². The summed E-state index contributed by atoms with van der Waals surface area (Å²) in [6, 6.07) is 8.88. The lowest BCUT2D eigenvalue weighted by molar-refractivity contribution is 0.381. The molecule has 2 aromatic carbocycles. The van der Waals surface area contributed by atoms with Crippen LogP contribution in [0.3, 0.4) is 0 Å². The van der Waals surface area contributed by atoms with Crippen LogP contribution in [-0.4, -0.2) is 13.7 Å². The van der Waals surface area contributed by atoms with Gasteiger partial charge in [-0.2, -0.15) is 0 Å². The lowest BCUT2D eigenvalue weighted by atomic mass is 9.97. The molecule has 112 valence electrons. The van der Waals surface area contributed by atoms with E-state index in [4.69, 9.17) is 16.3 Å². The first-order chi connectivity index (χ1) is 10.1. The number of rotatable bonds is 5. The zero-order valence-corrected chi connectivity index (χ0v) is 12.5. The van der Waals surface area contributed by atoms with Crippen LogP contribution in [0.5, 0.6) is 5.75 Å². The Hall–Kier alpha value is -1.65. The Kier molecular flexibility index (Phi) is 5.15. The predicted molar refractivity (Wildman–Crippen MR) is 79.9 cm³/mol. The summed E-state index contributed by atoms with van der Waals surface area (Å²) in [6.07, 6.45) is 0. The van der Waals surface area contributed by atoms with Gasteiger partial charge < -0.3 is 10.1 Å². The summed E-state index contributed by atoms with van der Waals surface area (Å²) < 4.78 is 32.7. The molecule has 0 saturated carbocycles. The molecule has 0 aliphatic heterocycles. The number of nitrogens with one attached hydrogen (secondary N) is 1. The van der Waals surface area contributed by atoms with E-state index in [-0.39, 0.29) is 10.8 Å². The fourth-order valence-corrected chi connectivity index (χ4v) is 2.40. The van der Waals surface area contributed by atoms with E-state index in [2.05, 4.69) is 5.32 Å². The Balaban J connectivity index is 2.50. The molecule has 0 spiro atoms. The number of benzene rings is 2. The van der Waals surface area contributed by atoms with Crippen molar-refractivity contribution in [3.63, 3.8) is 0 Å². The standard InChI is InChI=1S/C16H16ClF2NO/c1-3-20-16(10-7-8-13(18)12(17)9-10)11-5-4-6-14(21-2)15(11)19/h4-9,16,20H,3H2,1-2H3. The number of hydrogen-bond donors (Lipinski definition) is 1. The average molecular weight is 312 g/mol. The fraction of sp³-hybridized carbons (Fsp3) is 0.250. The summed E-state index contributed by atoms with van der Waals surface area (Å²) >= 11 is 5.82. The molecule has 21 heavy (non-hydrogen) atoms. The minimum absolute atomic E-state index is 0.0127. The van der Waals surface area contributed by atoms with Crippen molar-refractivity contribution in [3.05, 3.63) is 64.2 Å². The summed E-state index contributed by atoms with van der Waals surface area (Å²) in [6.45, 7) is 2.53. The van der Waals surface area contributed by atoms with Gasteiger partial charge in [-0.1, -0.05) is 36.7 Å². The summed E-state index contributed by atoms with van der Waals surface area (Å²) in [5.41, 5.74) is 1.12. The van der Waals surface area contributed by atoms with E-state index in [1.54, 1.807) is 24.3 Å². The van der Waals surface area contributed by atoms with Crippen LogP contribution in [0.2, 0.25) is 5.02 Å². The molecule has 0 bridgehead atoms. The molecule has 1 atom stereocenters. The Morgan fingerprint density at radius 3 is 2.62 bits per heavy atom. The summed E-state index contributed by atoms with van der Waals surface area (Å²) in [5.74, 6) is -0.767. The van der Waals surface area contributed by atoms with Crippen molar-refractivity contribution in [3.8, 4) is 5.75 Å². The smallest absolute Gasteiger partial charge is 0.170 e. The second-order valence-corrected chi connectivity index (χ2v) is 4.93. The molecule has 0 aliphatic carbocycles. The van der Waals surface area contributed by atoms with Gasteiger partial charge in [0.2, 0.25) is 0 Å². The first-order valence-electron chi connectivity index (χ1n) is 6.59. The lowest BCUT2D eigenvalue weighted by Gasteiger charge is -2.20. The van der Waals surface area contributed by atoms with Crippen molar-refractivity contribution in [1.82, 2.24) is 5.32 Å². The van der Waals surface area contributed by atoms with Crippen LogP contribution >= 0.6 is 11.6 Å². The van der Waals surface area contributed by atoms with Crippen molar-refractivity contribution in [2.24, 2.45) is 0 Å². The van der Waals surface area contributed by atoms with Gasteiger partial charge >= 0.3 is 0 Å². The maximum Gasteiger partial charge on any atom is 0.170 e. The molecular formula is C16H16ClF2NO. The van der Waals surface area contributed by atoms with Gasteiger partial charge in [0.05, 0.1) is 18.2 Å². The zero-order chi connectivity index (χ0) is 15.4. The van der Waals surface area contributed by atoms with Crippen LogP contribution < -0.4 is 10.1 Å². The molecule has 5 heteroatoms. The largest absolute Gasteiger partial charge is 0.494 e. The van der Waals surface area contributed by atoms with E-state index in [0.717, 1.165) is 0 Å². The summed E-state index contributed by atoms with van der Waals surface area (Å²) in [4.78, 5) is 0. The van der Waals surface area contributed by atoms with Gasteiger partial charge in [-0.05, 0) is 30.3 Å². The third-order valence-electron chi connectivity index (χ3n) is 3.21. The van der Waals surface area contributed by atoms with Crippen molar-refractivity contribution in [2.75, 3.05) is 13.7 Å². The Morgan fingerprint density at radius 2 is 2.00 bits per heavy atom. The molecule has 0 aromatic heterocycles. The number of methoxy groups -OCH3 is 1. The van der Waals surface area contributed by atoms with Gasteiger partial charge in [-0.15, -0.1) is 0 Å². The first-order valence-corrected chi connectivity index (χ1v) is 6.97. The average Bonchev–Trinajstić information content (AvgIpc) is 2.48. The van der Waals surface area contributed by atoms with E-state index in [9.17, 15) is 8.78 Å². The molecule has 0 amide bonds. The minimum atomic E-state index is -0.498. The van der Waals surface area contributed by atoms with Gasteiger partial charge in [0.15, 0.2) is 11.6 Å². The molecule has 1 N–H and O–H groups in total. The summed E-state index contributed by atoms with van der Waals surface area (Å²) in [7, 11) is 1.42. The minimum Gasteiger partial charge on any atom is -0.494 e. The molecule has 2 aromatic rings. The molecule has 2 nitrogen and oxygen atoms in total. The maximum absolute atomic E-state index is 14.4. The molecule has 0 heterocycles.